The van der Waals surface area contributed by atoms with E-state index in [1.165, 1.54) is 47.5 Å². The highest BCUT2D eigenvalue weighted by Crippen LogP contribution is 2.36. The molecule has 0 fully saturated rings. The number of carbonyl (C=O) groups is 2. The number of anilines is 1. The molecule has 3 aromatic rings. The van der Waals surface area contributed by atoms with Crippen molar-refractivity contribution >= 4 is 40.8 Å². The molecule has 1 aliphatic heterocycles. The highest BCUT2D eigenvalue weighted by molar-refractivity contribution is 6.50. The number of carbonyl (C=O) groups excluding carboxylic acids is 2. The van der Waals surface area contributed by atoms with Gasteiger partial charge in [-0.25, -0.2) is 4.99 Å². The Morgan fingerprint density at radius 2 is 1.53 bits per heavy atom. The Morgan fingerprint density at radius 3 is 2.11 bits per heavy atom. The number of allylic oxidation sites excluding steroid dienone is 3. The molecule has 1 aliphatic carbocycles. The van der Waals surface area contributed by atoms with E-state index in [9.17, 15) is 27.7 Å². The van der Waals surface area contributed by atoms with Crippen LogP contribution in [-0.2, 0) is 12.7 Å². The molecular weight excluding hydrogens is 519 g/mol. The molecule has 1 heterocycles. The Bertz CT molecular complexity index is 1530. The molecule has 0 saturated carbocycles. The Hall–Kier alpha value is -4.37. The van der Waals surface area contributed by atoms with E-state index in [2.05, 4.69) is 4.99 Å². The maximum Gasteiger partial charge on any atom is 0.416 e. The zero-order valence-electron chi connectivity index (χ0n) is 19.5. The monoisotopic (exact) mass is 536 g/mol. The van der Waals surface area contributed by atoms with Crippen LogP contribution in [0.5, 0.6) is 0 Å². The van der Waals surface area contributed by atoms with E-state index < -0.39 is 29.5 Å². The number of alkyl halides is 3. The third-order valence-corrected chi connectivity index (χ3v) is 6.55. The Labute approximate surface area is 219 Å². The summed E-state index contributed by atoms with van der Waals surface area (Å²) in [7, 11) is 0. The minimum Gasteiger partial charge on any atom is -0.332 e. The molecular formula is C28H18ClF3N3O3+. The number of Topliss-reactive ketones (excluding diaryl/α,β-unsaturated/α-hetero) is 2. The molecule has 5 rings (SSSR count). The summed E-state index contributed by atoms with van der Waals surface area (Å²) in [6.45, 7) is -0.0685. The summed E-state index contributed by atoms with van der Waals surface area (Å²) < 4.78 is 39.9. The van der Waals surface area contributed by atoms with Gasteiger partial charge in [-0.05, 0) is 35.9 Å². The molecule has 3 aromatic carbocycles. The second kappa shape index (κ2) is 9.83. The molecule has 38 heavy (non-hydrogen) atoms. The number of fused-ring (bicyclic) bond motifs is 1. The Morgan fingerprint density at radius 1 is 0.895 bits per heavy atom. The molecule has 1 atom stereocenters. The van der Waals surface area contributed by atoms with Crippen LogP contribution in [-0.4, -0.2) is 28.7 Å². The van der Waals surface area contributed by atoms with Crippen LogP contribution in [0.25, 0.3) is 0 Å². The van der Waals surface area contributed by atoms with Gasteiger partial charge in [0.25, 0.3) is 5.69 Å². The normalized spacial score (nSPS) is 16.7. The highest BCUT2D eigenvalue weighted by atomic mass is 35.5. The van der Waals surface area contributed by atoms with Crippen molar-refractivity contribution < 1.29 is 27.5 Å². The topological polar surface area (TPSA) is 69.8 Å². The number of rotatable bonds is 6. The van der Waals surface area contributed by atoms with Gasteiger partial charge >= 0.3 is 12.3 Å². The third-order valence-electron chi connectivity index (χ3n) is 6.19. The van der Waals surface area contributed by atoms with Crippen LogP contribution in [0, 0.1) is 4.91 Å². The molecule has 2 aliphatic rings. The van der Waals surface area contributed by atoms with Gasteiger partial charge in [-0.15, -0.1) is 0 Å². The van der Waals surface area contributed by atoms with Crippen molar-refractivity contribution in [3.05, 3.63) is 123 Å². The quantitative estimate of drug-likeness (QED) is 0.332. The second-order valence-electron chi connectivity index (χ2n) is 8.59. The van der Waals surface area contributed by atoms with E-state index in [0.29, 0.717) is 21.7 Å². The summed E-state index contributed by atoms with van der Waals surface area (Å²) in [5.41, 5.74) is 0.561. The zero-order chi connectivity index (χ0) is 27.0. The summed E-state index contributed by atoms with van der Waals surface area (Å²) in [5, 5.41) is -0.305. The molecule has 0 aromatic heterocycles. The number of benzene rings is 3. The summed E-state index contributed by atoms with van der Waals surface area (Å²) in [5.74, 6) is -1.04. The summed E-state index contributed by atoms with van der Waals surface area (Å²) in [4.78, 5) is 44.7. The van der Waals surface area contributed by atoms with Crippen molar-refractivity contribution in [2.45, 2.75) is 18.9 Å². The van der Waals surface area contributed by atoms with Crippen molar-refractivity contribution in [2.24, 2.45) is 4.99 Å². The van der Waals surface area contributed by atoms with Crippen LogP contribution in [0.4, 0.5) is 24.5 Å². The predicted molar refractivity (Wildman–Crippen MR) is 137 cm³/mol. The van der Waals surface area contributed by atoms with Gasteiger partial charge in [0.1, 0.15) is 10.7 Å². The molecule has 0 N–H and O–H groups in total. The van der Waals surface area contributed by atoms with Gasteiger partial charge in [-0.3, -0.25) is 9.59 Å². The van der Waals surface area contributed by atoms with Crippen molar-refractivity contribution in [1.29, 1.82) is 0 Å². The number of hydrogen-bond donors (Lipinski definition) is 0. The van der Waals surface area contributed by atoms with E-state index in [-0.39, 0.29) is 28.4 Å². The number of nitrogens with zero attached hydrogens (tertiary/aromatic N) is 3. The lowest BCUT2D eigenvalue weighted by Crippen LogP contribution is -2.33. The number of nitroso groups, excluding NO2 is 1. The fourth-order valence-electron chi connectivity index (χ4n) is 4.26. The lowest BCUT2D eigenvalue weighted by molar-refractivity contribution is -0.490. The van der Waals surface area contributed by atoms with Gasteiger partial charge in [0.15, 0.2) is 0 Å². The third kappa shape index (κ3) is 4.68. The summed E-state index contributed by atoms with van der Waals surface area (Å²) >= 11 is 6.46. The van der Waals surface area contributed by atoms with Gasteiger partial charge in [0.05, 0.1) is 10.3 Å². The second-order valence-corrected chi connectivity index (χ2v) is 8.96. The first kappa shape index (κ1) is 25.3. The number of aliphatic imine (C=N–C) groups is 1. The lowest BCUT2D eigenvalue weighted by Gasteiger charge is -2.30. The van der Waals surface area contributed by atoms with E-state index >= 15 is 0 Å². The first-order valence-electron chi connectivity index (χ1n) is 11.4. The van der Waals surface area contributed by atoms with E-state index in [0.717, 1.165) is 12.1 Å². The first-order valence-corrected chi connectivity index (χ1v) is 11.8. The van der Waals surface area contributed by atoms with Crippen LogP contribution in [0.1, 0.15) is 31.8 Å². The van der Waals surface area contributed by atoms with E-state index in [4.69, 9.17) is 11.6 Å². The first-order chi connectivity index (χ1) is 18.1. The standard InChI is InChI=1S/C28H18ClF3N3O3/c29-24-25(27(37)22-5-2-1-4-21(22)26(24)36)34(16-17-7-9-18(10-8-17)28(30,31)32)19-11-13-20(14-12-19)35(38)23-6-3-15-33-23/h1-15,23H,16H2/q+1. The molecule has 1 unspecified atom stereocenters. The minimum atomic E-state index is -4.50. The van der Waals surface area contributed by atoms with Gasteiger partial charge in [-0.1, -0.05) is 48.0 Å². The molecule has 10 heteroatoms. The van der Waals surface area contributed by atoms with Crippen molar-refractivity contribution in [1.82, 2.24) is 0 Å². The largest absolute Gasteiger partial charge is 0.416 e. The van der Waals surface area contributed by atoms with Gasteiger partial charge in [-0.2, -0.15) is 13.2 Å². The van der Waals surface area contributed by atoms with Crippen LogP contribution < -0.4 is 4.90 Å². The van der Waals surface area contributed by atoms with Crippen LogP contribution in [0.2, 0.25) is 0 Å². The van der Waals surface area contributed by atoms with Crippen LogP contribution in [0.3, 0.4) is 0 Å². The Kier molecular flexibility index (Phi) is 6.54. The molecule has 6 nitrogen and oxygen atoms in total. The SMILES string of the molecule is O=C1C(Cl)=C(N(Cc2ccc(C(F)(F)F)cc2)c2ccc([N+](=O)C3C=CC=N3)cc2)C(=O)c2ccccc21. The molecule has 190 valence electrons. The molecule has 0 bridgehead atoms. The summed E-state index contributed by atoms with van der Waals surface area (Å²) in [6, 6.07) is 17.0. The maximum atomic E-state index is 13.5. The predicted octanol–water partition coefficient (Wildman–Crippen LogP) is 6.62. The van der Waals surface area contributed by atoms with Crippen LogP contribution >= 0.6 is 11.6 Å². The van der Waals surface area contributed by atoms with Crippen molar-refractivity contribution in [2.75, 3.05) is 4.90 Å². The maximum absolute atomic E-state index is 13.5. The van der Waals surface area contributed by atoms with Gasteiger partial charge in [0, 0.05) is 52.7 Å². The Balaban J connectivity index is 1.56. The molecule has 0 radical (unpaired) electrons. The van der Waals surface area contributed by atoms with E-state index in [1.54, 1.807) is 36.4 Å². The summed E-state index contributed by atoms with van der Waals surface area (Å²) in [6.07, 6.45) is -0.388. The fraction of sp³-hybridized carbons (Fsp3) is 0.107. The lowest BCUT2D eigenvalue weighted by atomic mass is 9.91. The molecule has 0 saturated heterocycles. The van der Waals surface area contributed by atoms with Crippen molar-refractivity contribution in [3.63, 3.8) is 0 Å². The van der Waals surface area contributed by atoms with Gasteiger partial charge in [0.2, 0.25) is 11.6 Å². The van der Waals surface area contributed by atoms with Crippen LogP contribution in [0.15, 0.2) is 101 Å². The molecule has 0 spiro atoms. The van der Waals surface area contributed by atoms with E-state index in [1.807, 2.05) is 0 Å². The molecule has 0 amide bonds. The van der Waals surface area contributed by atoms with Crippen molar-refractivity contribution in [3.8, 4) is 0 Å². The fourth-order valence-corrected chi connectivity index (χ4v) is 4.55. The zero-order valence-corrected chi connectivity index (χ0v) is 20.3. The highest BCUT2D eigenvalue weighted by Gasteiger charge is 2.36. The van der Waals surface area contributed by atoms with Gasteiger partial charge < -0.3 is 4.90 Å². The average Bonchev–Trinajstić information content (AvgIpc) is 3.46. The number of hydrogen-bond acceptors (Lipinski definition) is 5. The number of halogens is 4. The average molecular weight is 537 g/mol. The minimum absolute atomic E-state index is 0.0685. The smallest absolute Gasteiger partial charge is 0.332 e. The number of ketones is 2.